The van der Waals surface area contributed by atoms with E-state index >= 15 is 0 Å². The van der Waals surface area contributed by atoms with Crippen molar-refractivity contribution in [3.05, 3.63) is 57.5 Å². The average Bonchev–Trinajstić information content (AvgIpc) is 3.25. The molecule has 0 radical (unpaired) electrons. The highest BCUT2D eigenvalue weighted by atomic mass is 16.6. The van der Waals surface area contributed by atoms with Gasteiger partial charge in [-0.2, -0.15) is 0 Å². The fourth-order valence-corrected chi connectivity index (χ4v) is 4.56. The Morgan fingerprint density at radius 2 is 1.91 bits per heavy atom. The van der Waals surface area contributed by atoms with Crippen LogP contribution in [0.15, 0.2) is 34.7 Å². The second-order valence-electron chi connectivity index (χ2n) is 8.95. The van der Waals surface area contributed by atoms with Crippen molar-refractivity contribution in [3.8, 4) is 0 Å². The van der Waals surface area contributed by atoms with Crippen molar-refractivity contribution in [2.45, 2.75) is 32.7 Å². The van der Waals surface area contributed by atoms with Crippen molar-refractivity contribution < 1.29 is 18.9 Å². The van der Waals surface area contributed by atoms with E-state index in [-0.39, 0.29) is 17.6 Å². The smallest absolute Gasteiger partial charge is 0.270 e. The summed E-state index contributed by atoms with van der Waals surface area (Å²) in [5.41, 5.74) is 1.01. The molecule has 1 N–H and O–H groups in total. The summed E-state index contributed by atoms with van der Waals surface area (Å²) in [4.78, 5) is 28.7. The largest absolute Gasteiger partial charge is 0.465 e. The van der Waals surface area contributed by atoms with E-state index in [1.165, 1.54) is 12.1 Å². The molecule has 2 aliphatic heterocycles. The van der Waals surface area contributed by atoms with E-state index in [9.17, 15) is 14.9 Å². The molecular formula is C24H32N4O5. The first-order chi connectivity index (χ1) is 15.9. The van der Waals surface area contributed by atoms with E-state index in [2.05, 4.69) is 22.0 Å². The molecule has 2 aliphatic rings. The molecule has 3 heterocycles. The number of rotatable bonds is 7. The molecule has 1 amide bonds. The Morgan fingerprint density at radius 3 is 2.55 bits per heavy atom. The molecule has 2 saturated heterocycles. The molecule has 2 fully saturated rings. The normalized spacial score (nSPS) is 18.8. The highest BCUT2D eigenvalue weighted by Gasteiger charge is 2.28. The minimum absolute atomic E-state index is 0.0827. The summed E-state index contributed by atoms with van der Waals surface area (Å²) in [5, 5.41) is 14.4. The molecule has 1 aromatic carbocycles. The Morgan fingerprint density at radius 1 is 1.18 bits per heavy atom. The molecule has 33 heavy (non-hydrogen) atoms. The van der Waals surface area contributed by atoms with Gasteiger partial charge in [0.25, 0.3) is 11.6 Å². The van der Waals surface area contributed by atoms with Gasteiger partial charge >= 0.3 is 0 Å². The lowest BCUT2D eigenvalue weighted by atomic mass is 9.97. The van der Waals surface area contributed by atoms with Crippen LogP contribution in [0.1, 0.15) is 47.7 Å². The number of nitrogens with zero attached hydrogens (tertiary/aromatic N) is 3. The molecule has 1 aromatic heterocycles. The minimum Gasteiger partial charge on any atom is -0.465 e. The molecule has 1 atom stereocenters. The van der Waals surface area contributed by atoms with Crippen molar-refractivity contribution >= 4 is 17.3 Å². The van der Waals surface area contributed by atoms with Gasteiger partial charge in [-0.25, -0.2) is 0 Å². The van der Waals surface area contributed by atoms with Crippen molar-refractivity contribution in [2.24, 2.45) is 5.92 Å². The van der Waals surface area contributed by atoms with Gasteiger partial charge in [0.15, 0.2) is 0 Å². The number of anilines is 1. The summed E-state index contributed by atoms with van der Waals surface area (Å²) >= 11 is 0. The van der Waals surface area contributed by atoms with Crippen molar-refractivity contribution in [2.75, 3.05) is 50.8 Å². The SMILES string of the molecule is Cc1ccc(C(CNC(=O)c2cc([N+](=O)[O-])ccc2N2CCC(C)CC2)N2CCOCC2)o1. The van der Waals surface area contributed by atoms with E-state index in [0.29, 0.717) is 31.2 Å². The van der Waals surface area contributed by atoms with Crippen LogP contribution in [0.25, 0.3) is 0 Å². The number of piperidine rings is 1. The highest BCUT2D eigenvalue weighted by molar-refractivity contribution is 6.00. The zero-order valence-electron chi connectivity index (χ0n) is 19.3. The Balaban J connectivity index is 1.55. The number of carbonyl (C=O) groups excluding carboxylic acids is 1. The van der Waals surface area contributed by atoms with E-state index in [4.69, 9.17) is 9.15 Å². The van der Waals surface area contributed by atoms with Crippen LogP contribution in [0.5, 0.6) is 0 Å². The molecule has 4 rings (SSSR count). The van der Waals surface area contributed by atoms with Gasteiger partial charge in [0.2, 0.25) is 0 Å². The van der Waals surface area contributed by atoms with Gasteiger partial charge in [-0.05, 0) is 43.9 Å². The van der Waals surface area contributed by atoms with Crippen LogP contribution in [0.4, 0.5) is 11.4 Å². The van der Waals surface area contributed by atoms with Crippen LogP contribution in [0.3, 0.4) is 0 Å². The van der Waals surface area contributed by atoms with Gasteiger partial charge in [0.1, 0.15) is 11.5 Å². The number of non-ortho nitro benzene ring substituents is 1. The molecule has 0 spiro atoms. The van der Waals surface area contributed by atoms with Gasteiger partial charge in [-0.15, -0.1) is 0 Å². The summed E-state index contributed by atoms with van der Waals surface area (Å²) in [6.45, 7) is 8.88. The van der Waals surface area contributed by atoms with E-state index in [0.717, 1.165) is 56.2 Å². The molecular weight excluding hydrogens is 424 g/mol. The van der Waals surface area contributed by atoms with Crippen LogP contribution in [0, 0.1) is 23.0 Å². The topological polar surface area (TPSA) is 101 Å². The molecule has 2 aromatic rings. The van der Waals surface area contributed by atoms with Gasteiger partial charge in [-0.3, -0.25) is 19.8 Å². The van der Waals surface area contributed by atoms with Crippen LogP contribution in [-0.4, -0.2) is 61.7 Å². The van der Waals surface area contributed by atoms with E-state index in [1.54, 1.807) is 6.07 Å². The molecule has 0 saturated carbocycles. The fourth-order valence-electron chi connectivity index (χ4n) is 4.56. The third kappa shape index (κ3) is 5.54. The van der Waals surface area contributed by atoms with Crippen molar-refractivity contribution in [1.82, 2.24) is 10.2 Å². The maximum atomic E-state index is 13.3. The second-order valence-corrected chi connectivity index (χ2v) is 8.95. The number of hydrogen-bond acceptors (Lipinski definition) is 7. The Kier molecular flexibility index (Phi) is 7.29. The molecule has 0 aliphatic carbocycles. The monoisotopic (exact) mass is 456 g/mol. The number of amides is 1. The zero-order valence-corrected chi connectivity index (χ0v) is 19.3. The number of benzene rings is 1. The number of hydrogen-bond donors (Lipinski definition) is 1. The summed E-state index contributed by atoms with van der Waals surface area (Å²) < 4.78 is 11.4. The van der Waals surface area contributed by atoms with Crippen LogP contribution in [-0.2, 0) is 4.74 Å². The number of nitrogens with one attached hydrogen (secondary N) is 1. The summed E-state index contributed by atoms with van der Waals surface area (Å²) in [7, 11) is 0. The maximum absolute atomic E-state index is 13.3. The summed E-state index contributed by atoms with van der Waals surface area (Å²) in [6, 6.07) is 8.30. The lowest BCUT2D eigenvalue weighted by molar-refractivity contribution is -0.384. The van der Waals surface area contributed by atoms with Gasteiger partial charge < -0.3 is 19.4 Å². The number of nitro benzene ring substituents is 1. The molecule has 0 bridgehead atoms. The van der Waals surface area contributed by atoms with E-state index in [1.807, 2.05) is 19.1 Å². The summed E-state index contributed by atoms with van der Waals surface area (Å²) in [6.07, 6.45) is 2.07. The Hall–Kier alpha value is -2.91. The van der Waals surface area contributed by atoms with Crippen LogP contribution >= 0.6 is 0 Å². The second kappa shape index (κ2) is 10.4. The highest BCUT2D eigenvalue weighted by Crippen LogP contribution is 2.30. The average molecular weight is 457 g/mol. The standard InChI is InChI=1S/C24H32N4O5/c1-17-7-9-26(10-8-17)21-5-4-19(28(30)31)15-20(21)24(29)25-16-22(23-6-3-18(2)33-23)27-11-13-32-14-12-27/h3-6,15,17,22H,7-14,16H2,1-2H3,(H,25,29). The minimum atomic E-state index is -0.457. The Labute approximate surface area is 193 Å². The third-order valence-corrected chi connectivity index (χ3v) is 6.59. The zero-order chi connectivity index (χ0) is 23.4. The number of aryl methyl sites for hydroxylation is 1. The lowest BCUT2D eigenvalue weighted by Gasteiger charge is -2.34. The fraction of sp³-hybridized carbons (Fsp3) is 0.542. The Bertz CT molecular complexity index is 977. The predicted molar refractivity (Wildman–Crippen MR) is 125 cm³/mol. The van der Waals surface area contributed by atoms with E-state index < -0.39 is 4.92 Å². The molecule has 178 valence electrons. The van der Waals surface area contributed by atoms with Gasteiger partial charge in [0.05, 0.1) is 35.4 Å². The van der Waals surface area contributed by atoms with Crippen LogP contribution < -0.4 is 10.2 Å². The summed E-state index contributed by atoms with van der Waals surface area (Å²) in [5.74, 6) is 1.94. The number of ether oxygens (including phenoxy) is 1. The first kappa shape index (κ1) is 23.3. The first-order valence-electron chi connectivity index (χ1n) is 11.6. The predicted octanol–water partition coefficient (Wildman–Crippen LogP) is 3.54. The van der Waals surface area contributed by atoms with Crippen LogP contribution in [0.2, 0.25) is 0 Å². The molecule has 1 unspecified atom stereocenters. The molecule has 9 heteroatoms. The van der Waals surface area contributed by atoms with Gasteiger partial charge in [-0.1, -0.05) is 6.92 Å². The first-order valence-corrected chi connectivity index (χ1v) is 11.6. The number of nitro groups is 1. The van der Waals surface area contributed by atoms with Gasteiger partial charge in [0, 0.05) is 44.9 Å². The van der Waals surface area contributed by atoms with Crippen molar-refractivity contribution in [3.63, 3.8) is 0 Å². The lowest BCUT2D eigenvalue weighted by Crippen LogP contribution is -2.44. The number of morpholine rings is 1. The van der Waals surface area contributed by atoms with Crippen molar-refractivity contribution in [1.29, 1.82) is 0 Å². The number of furan rings is 1. The number of carbonyl (C=O) groups is 1. The maximum Gasteiger partial charge on any atom is 0.270 e. The molecule has 9 nitrogen and oxygen atoms in total. The third-order valence-electron chi connectivity index (χ3n) is 6.59. The quantitative estimate of drug-likeness (QED) is 0.502.